The van der Waals surface area contributed by atoms with E-state index in [4.69, 9.17) is 4.74 Å². The number of amides is 1. The van der Waals surface area contributed by atoms with Crippen molar-refractivity contribution in [2.75, 3.05) is 7.11 Å². The third-order valence-corrected chi connectivity index (χ3v) is 5.00. The van der Waals surface area contributed by atoms with Crippen LogP contribution in [-0.4, -0.2) is 35.4 Å². The number of carbonyl (C=O) groups excluding carboxylic acids is 2. The van der Waals surface area contributed by atoms with Gasteiger partial charge >= 0.3 is 5.97 Å². The van der Waals surface area contributed by atoms with Gasteiger partial charge in [0.05, 0.1) is 18.4 Å². The summed E-state index contributed by atoms with van der Waals surface area (Å²) in [5.74, 6) is -1.79. The molecule has 3 unspecified atom stereocenters. The molecule has 1 amide bonds. The number of hydrogen-bond donors (Lipinski definition) is 2. The molecule has 3 atom stereocenters. The zero-order valence-corrected chi connectivity index (χ0v) is 16.0. The summed E-state index contributed by atoms with van der Waals surface area (Å²) in [6, 6.07) is 18.2. The lowest BCUT2D eigenvalue weighted by molar-refractivity contribution is -0.144. The minimum atomic E-state index is -1.05. The molecule has 0 saturated heterocycles. The van der Waals surface area contributed by atoms with Gasteiger partial charge in [0, 0.05) is 17.9 Å². The lowest BCUT2D eigenvalue weighted by atomic mass is 9.68. The Morgan fingerprint density at radius 1 is 1.11 bits per heavy atom. The average Bonchev–Trinajstić information content (AvgIpc) is 2.71. The Morgan fingerprint density at radius 2 is 1.71 bits per heavy atom. The van der Waals surface area contributed by atoms with Crippen molar-refractivity contribution < 1.29 is 19.4 Å². The smallest absolute Gasteiger partial charge is 0.315 e. The highest BCUT2D eigenvalue weighted by molar-refractivity contribution is 6.05. The van der Waals surface area contributed by atoms with Gasteiger partial charge < -0.3 is 9.84 Å². The number of aliphatic hydroxyl groups is 1. The lowest BCUT2D eigenvalue weighted by Crippen LogP contribution is -2.46. The molecule has 28 heavy (non-hydrogen) atoms. The van der Waals surface area contributed by atoms with Crippen LogP contribution < -0.4 is 5.43 Å². The molecule has 1 saturated carbocycles. The van der Waals surface area contributed by atoms with Gasteiger partial charge in [-0.15, -0.1) is 0 Å². The summed E-state index contributed by atoms with van der Waals surface area (Å²) in [5, 5.41) is 15.0. The fourth-order valence-electron chi connectivity index (χ4n) is 3.72. The van der Waals surface area contributed by atoms with Crippen LogP contribution in [0.15, 0.2) is 65.8 Å². The van der Waals surface area contributed by atoms with Gasteiger partial charge in [-0.25, -0.2) is 5.43 Å². The van der Waals surface area contributed by atoms with Crippen LogP contribution in [0.2, 0.25) is 0 Å². The van der Waals surface area contributed by atoms with Crippen molar-refractivity contribution in [3.8, 4) is 0 Å². The van der Waals surface area contributed by atoms with Gasteiger partial charge in [-0.05, 0) is 31.0 Å². The number of carbonyl (C=O) groups is 2. The Hall–Kier alpha value is -2.99. The first-order chi connectivity index (χ1) is 13.4. The molecule has 2 N–H and O–H groups in total. The van der Waals surface area contributed by atoms with Gasteiger partial charge in [0.15, 0.2) is 0 Å². The lowest BCUT2D eigenvalue weighted by Gasteiger charge is -2.39. The Morgan fingerprint density at radius 3 is 2.32 bits per heavy atom. The summed E-state index contributed by atoms with van der Waals surface area (Å²) in [5.41, 5.74) is 3.25. The highest BCUT2D eigenvalue weighted by Crippen LogP contribution is 2.41. The maximum absolute atomic E-state index is 12.6. The van der Waals surface area contributed by atoms with E-state index in [0.717, 1.165) is 5.56 Å². The van der Waals surface area contributed by atoms with Crippen LogP contribution in [-0.2, 0) is 9.53 Å². The first kappa shape index (κ1) is 19.8. The van der Waals surface area contributed by atoms with E-state index in [0.29, 0.717) is 17.7 Å². The number of hydrazone groups is 1. The van der Waals surface area contributed by atoms with Gasteiger partial charge in [0.2, 0.25) is 0 Å². The van der Waals surface area contributed by atoms with E-state index in [9.17, 15) is 14.7 Å². The van der Waals surface area contributed by atoms with Crippen LogP contribution in [0.3, 0.4) is 0 Å². The molecule has 6 heteroatoms. The number of hydrogen-bond acceptors (Lipinski definition) is 5. The van der Waals surface area contributed by atoms with Crippen LogP contribution in [0, 0.1) is 5.92 Å². The van der Waals surface area contributed by atoms with Crippen molar-refractivity contribution in [2.24, 2.45) is 11.0 Å². The van der Waals surface area contributed by atoms with Gasteiger partial charge in [0.25, 0.3) is 5.91 Å². The molecule has 0 aromatic heterocycles. The Kier molecular flexibility index (Phi) is 5.90. The zero-order chi connectivity index (χ0) is 20.1. The Bertz CT molecular complexity index is 863. The predicted molar refractivity (Wildman–Crippen MR) is 106 cm³/mol. The maximum Gasteiger partial charge on any atom is 0.315 e. The SMILES string of the molecule is COC(=O)C1/C(=N/NC(=O)c2ccccc2)CC(C)(O)CC1c1ccccc1. The van der Waals surface area contributed by atoms with E-state index < -0.39 is 17.5 Å². The molecule has 0 aliphatic heterocycles. The predicted octanol–water partition coefficient (Wildman–Crippen LogP) is 2.89. The Labute approximate surface area is 164 Å². The van der Waals surface area contributed by atoms with Gasteiger partial charge in [-0.1, -0.05) is 48.5 Å². The van der Waals surface area contributed by atoms with Crippen LogP contribution in [0.1, 0.15) is 41.6 Å². The molecule has 0 heterocycles. The topological polar surface area (TPSA) is 88.0 Å². The number of methoxy groups -OCH3 is 1. The minimum absolute atomic E-state index is 0.172. The zero-order valence-electron chi connectivity index (χ0n) is 16.0. The molecule has 2 aromatic rings. The van der Waals surface area contributed by atoms with E-state index in [2.05, 4.69) is 10.5 Å². The highest BCUT2D eigenvalue weighted by Gasteiger charge is 2.45. The summed E-state index contributed by atoms with van der Waals surface area (Å²) in [6.07, 6.45) is 0.563. The molecular formula is C22H24N2O4. The van der Waals surface area contributed by atoms with E-state index >= 15 is 0 Å². The molecule has 3 rings (SSSR count). The fourth-order valence-corrected chi connectivity index (χ4v) is 3.72. The molecule has 6 nitrogen and oxygen atoms in total. The van der Waals surface area contributed by atoms with E-state index in [1.807, 2.05) is 36.4 Å². The van der Waals surface area contributed by atoms with Crippen LogP contribution >= 0.6 is 0 Å². The molecule has 146 valence electrons. The molecule has 0 bridgehead atoms. The largest absolute Gasteiger partial charge is 0.468 e. The average molecular weight is 380 g/mol. The molecule has 1 fully saturated rings. The van der Waals surface area contributed by atoms with Gasteiger partial charge in [-0.3, -0.25) is 9.59 Å². The van der Waals surface area contributed by atoms with Crippen LogP contribution in [0.25, 0.3) is 0 Å². The van der Waals surface area contributed by atoms with Crippen molar-refractivity contribution in [1.29, 1.82) is 0 Å². The first-order valence-corrected chi connectivity index (χ1v) is 9.18. The summed E-state index contributed by atoms with van der Waals surface area (Å²) in [4.78, 5) is 24.9. The maximum atomic E-state index is 12.6. The van der Waals surface area contributed by atoms with Crippen molar-refractivity contribution in [3.05, 3.63) is 71.8 Å². The fraction of sp³-hybridized carbons (Fsp3) is 0.318. The summed E-state index contributed by atoms with van der Waals surface area (Å²) in [6.45, 7) is 1.71. The second-order valence-electron chi connectivity index (χ2n) is 7.31. The number of esters is 1. The van der Waals surface area contributed by atoms with Crippen molar-refractivity contribution in [1.82, 2.24) is 5.43 Å². The highest BCUT2D eigenvalue weighted by atomic mass is 16.5. The van der Waals surface area contributed by atoms with Gasteiger partial charge in [0.1, 0.15) is 5.92 Å². The molecule has 2 aromatic carbocycles. The Balaban J connectivity index is 1.94. The third kappa shape index (κ3) is 4.46. The second kappa shape index (κ2) is 8.35. The number of nitrogens with one attached hydrogen (secondary N) is 1. The van der Waals surface area contributed by atoms with Crippen molar-refractivity contribution in [3.63, 3.8) is 0 Å². The summed E-state index contributed by atoms with van der Waals surface area (Å²) < 4.78 is 5.02. The number of ether oxygens (including phenoxy) is 1. The summed E-state index contributed by atoms with van der Waals surface area (Å²) >= 11 is 0. The van der Waals surface area contributed by atoms with E-state index in [1.165, 1.54) is 7.11 Å². The third-order valence-electron chi connectivity index (χ3n) is 5.00. The quantitative estimate of drug-likeness (QED) is 0.631. The second-order valence-corrected chi connectivity index (χ2v) is 7.31. The standard InChI is InChI=1S/C22H24N2O4/c1-22(27)13-17(15-9-5-3-6-10-15)19(21(26)28-2)18(14-22)23-24-20(25)16-11-7-4-8-12-16/h3-12,17,19,27H,13-14H2,1-2H3,(H,24,25)/b23-18+. The monoisotopic (exact) mass is 380 g/mol. The van der Waals surface area contributed by atoms with Gasteiger partial charge in [-0.2, -0.15) is 5.10 Å². The first-order valence-electron chi connectivity index (χ1n) is 9.18. The van der Waals surface area contributed by atoms with Crippen LogP contribution in [0.4, 0.5) is 0 Å². The molecule has 1 aliphatic carbocycles. The van der Waals surface area contributed by atoms with E-state index in [-0.39, 0.29) is 18.2 Å². The molecule has 1 aliphatic rings. The molecule has 0 radical (unpaired) electrons. The van der Waals surface area contributed by atoms with Crippen molar-refractivity contribution in [2.45, 2.75) is 31.3 Å². The van der Waals surface area contributed by atoms with E-state index in [1.54, 1.807) is 31.2 Å². The molecular weight excluding hydrogens is 356 g/mol. The number of rotatable bonds is 4. The van der Waals surface area contributed by atoms with Crippen molar-refractivity contribution >= 4 is 17.6 Å². The normalized spacial score (nSPS) is 25.9. The number of benzene rings is 2. The minimum Gasteiger partial charge on any atom is -0.468 e. The summed E-state index contributed by atoms with van der Waals surface area (Å²) in [7, 11) is 1.33. The molecule has 0 spiro atoms. The number of nitrogens with zero attached hydrogens (tertiary/aromatic N) is 1. The van der Waals surface area contributed by atoms with Crippen LogP contribution in [0.5, 0.6) is 0 Å².